The van der Waals surface area contributed by atoms with Gasteiger partial charge in [0.2, 0.25) is 5.91 Å². The molecule has 3 aliphatic rings. The molecule has 1 aromatic heterocycles. The normalized spacial score (nSPS) is 19.7. The summed E-state index contributed by atoms with van der Waals surface area (Å²) in [6.45, 7) is 7.52. The first-order valence-electron chi connectivity index (χ1n) is 16.7. The van der Waals surface area contributed by atoms with Crippen LogP contribution in [0.2, 0.25) is 5.02 Å². The first-order valence-corrected chi connectivity index (χ1v) is 17.1. The number of amides is 3. The molecule has 46 heavy (non-hydrogen) atoms. The van der Waals surface area contributed by atoms with Gasteiger partial charge in [0.15, 0.2) is 0 Å². The highest BCUT2D eigenvalue weighted by Gasteiger charge is 2.36. The second-order valence-corrected chi connectivity index (χ2v) is 13.6. The molecule has 0 aliphatic carbocycles. The molecule has 3 aliphatic heterocycles. The second kappa shape index (κ2) is 13.9. The van der Waals surface area contributed by atoms with Crippen LogP contribution in [0.5, 0.6) is 0 Å². The van der Waals surface area contributed by atoms with E-state index in [1.807, 2.05) is 58.5 Å². The number of anilines is 1. The van der Waals surface area contributed by atoms with E-state index in [1.54, 1.807) is 0 Å². The van der Waals surface area contributed by atoms with Crippen molar-refractivity contribution in [3.8, 4) is 0 Å². The van der Waals surface area contributed by atoms with Gasteiger partial charge in [-0.2, -0.15) is 0 Å². The molecule has 0 unspecified atom stereocenters. The molecular weight excluding hydrogens is 596 g/mol. The Balaban J connectivity index is 1.11. The molecular formula is C37H43ClN6O2. The Morgan fingerprint density at radius 2 is 1.65 bits per heavy atom. The summed E-state index contributed by atoms with van der Waals surface area (Å²) in [7, 11) is 0. The second-order valence-electron chi connectivity index (χ2n) is 13.1. The molecule has 4 aromatic rings. The third-order valence-electron chi connectivity index (χ3n) is 9.87. The van der Waals surface area contributed by atoms with Gasteiger partial charge < -0.3 is 25.0 Å². The molecule has 3 amide bonds. The molecule has 2 saturated heterocycles. The lowest BCUT2D eigenvalue weighted by atomic mass is 9.91. The fourth-order valence-electron chi connectivity index (χ4n) is 7.47. The largest absolute Gasteiger partial charge is 0.361 e. The van der Waals surface area contributed by atoms with Crippen LogP contribution in [0.25, 0.3) is 10.9 Å². The van der Waals surface area contributed by atoms with Crippen LogP contribution in [0.3, 0.4) is 0 Å². The van der Waals surface area contributed by atoms with Crippen LogP contribution in [-0.2, 0) is 24.2 Å². The highest BCUT2D eigenvalue weighted by atomic mass is 35.5. The van der Waals surface area contributed by atoms with Crippen molar-refractivity contribution >= 4 is 40.1 Å². The van der Waals surface area contributed by atoms with Gasteiger partial charge in [-0.1, -0.05) is 60.1 Å². The van der Waals surface area contributed by atoms with E-state index >= 15 is 0 Å². The summed E-state index contributed by atoms with van der Waals surface area (Å²) >= 11 is 6.46. The Morgan fingerprint density at radius 3 is 2.46 bits per heavy atom. The minimum Gasteiger partial charge on any atom is -0.361 e. The predicted molar refractivity (Wildman–Crippen MR) is 184 cm³/mol. The SMILES string of the molecule is O=C(N[C@H](Cc1c[nH]c2ccccc12)C(=O)N1C[C@H](CN2CCCC2)Cc2cc(Cl)ccc21)N1CCN(Cc2ccccc2)CC1. The van der Waals surface area contributed by atoms with Crippen molar-refractivity contribution in [1.29, 1.82) is 0 Å². The maximum Gasteiger partial charge on any atom is 0.318 e. The fraction of sp³-hybridized carbons (Fsp3) is 0.405. The topological polar surface area (TPSA) is 74.9 Å². The van der Waals surface area contributed by atoms with E-state index in [2.05, 4.69) is 50.4 Å². The number of aromatic nitrogens is 1. The van der Waals surface area contributed by atoms with Crippen molar-refractivity contribution in [2.45, 2.75) is 38.3 Å². The van der Waals surface area contributed by atoms with E-state index in [-0.39, 0.29) is 11.9 Å². The standard InChI is InChI=1S/C37H43ClN6O2/c38-31-12-13-35-29(21-31)20-28(25-41-14-6-7-15-41)26-44(35)36(45)34(22-30-23-39-33-11-5-4-10-32(30)33)40-37(46)43-18-16-42(17-19-43)24-27-8-2-1-3-9-27/h1-5,8-13,21,23,28,34,39H,6-7,14-20,22,24-26H2,(H,40,46)/t28-,34+/m0/s1. The van der Waals surface area contributed by atoms with E-state index in [9.17, 15) is 9.59 Å². The lowest BCUT2D eigenvalue weighted by Gasteiger charge is -2.39. The summed E-state index contributed by atoms with van der Waals surface area (Å²) in [6.07, 6.45) is 5.73. The maximum absolute atomic E-state index is 14.7. The minimum absolute atomic E-state index is 0.0731. The number of hydrogen-bond acceptors (Lipinski definition) is 4. The number of H-pyrrole nitrogens is 1. The van der Waals surface area contributed by atoms with Gasteiger partial charge in [0, 0.05) is 80.0 Å². The van der Waals surface area contributed by atoms with E-state index in [4.69, 9.17) is 11.6 Å². The van der Waals surface area contributed by atoms with Crippen molar-refractivity contribution in [3.05, 3.63) is 101 Å². The third kappa shape index (κ3) is 6.94. The number of carbonyl (C=O) groups excluding carboxylic acids is 2. The van der Waals surface area contributed by atoms with Gasteiger partial charge in [0.1, 0.15) is 6.04 Å². The van der Waals surface area contributed by atoms with E-state index in [0.29, 0.717) is 37.0 Å². The number of nitrogens with one attached hydrogen (secondary N) is 2. The highest BCUT2D eigenvalue weighted by molar-refractivity contribution is 6.30. The van der Waals surface area contributed by atoms with Gasteiger partial charge in [-0.15, -0.1) is 0 Å². The van der Waals surface area contributed by atoms with E-state index in [0.717, 1.165) is 73.4 Å². The van der Waals surface area contributed by atoms with Crippen LogP contribution in [0.1, 0.15) is 29.5 Å². The summed E-state index contributed by atoms with van der Waals surface area (Å²) in [4.78, 5) is 40.6. The number of nitrogens with zero attached hydrogens (tertiary/aromatic N) is 4. The average molecular weight is 639 g/mol. The number of para-hydroxylation sites is 1. The highest BCUT2D eigenvalue weighted by Crippen LogP contribution is 2.34. The molecule has 7 rings (SSSR count). The Kier molecular flexibility index (Phi) is 9.28. The first-order chi connectivity index (χ1) is 22.5. The van der Waals surface area contributed by atoms with Gasteiger partial charge in [-0.05, 0) is 79.2 Å². The van der Waals surface area contributed by atoms with Gasteiger partial charge in [-0.25, -0.2) is 4.79 Å². The molecule has 0 radical (unpaired) electrons. The zero-order valence-corrected chi connectivity index (χ0v) is 27.1. The van der Waals surface area contributed by atoms with E-state index < -0.39 is 6.04 Å². The third-order valence-corrected chi connectivity index (χ3v) is 10.1. The van der Waals surface area contributed by atoms with Crippen molar-refractivity contribution in [2.24, 2.45) is 5.92 Å². The van der Waals surface area contributed by atoms with Crippen LogP contribution in [0.15, 0.2) is 79.0 Å². The summed E-state index contributed by atoms with van der Waals surface area (Å²) < 4.78 is 0. The zero-order chi connectivity index (χ0) is 31.5. The van der Waals surface area contributed by atoms with Crippen LogP contribution in [0.4, 0.5) is 10.5 Å². The molecule has 9 heteroatoms. The smallest absolute Gasteiger partial charge is 0.318 e. The predicted octanol–water partition coefficient (Wildman–Crippen LogP) is 5.56. The number of halogens is 1. The number of rotatable bonds is 8. The van der Waals surface area contributed by atoms with Crippen molar-refractivity contribution < 1.29 is 9.59 Å². The Hall–Kier alpha value is -3.85. The van der Waals surface area contributed by atoms with E-state index in [1.165, 1.54) is 18.4 Å². The monoisotopic (exact) mass is 638 g/mol. The Labute approximate surface area is 276 Å². The Morgan fingerprint density at radius 1 is 0.891 bits per heavy atom. The van der Waals surface area contributed by atoms with Crippen molar-refractivity contribution in [2.75, 3.05) is 57.3 Å². The molecule has 4 heterocycles. The lowest BCUT2D eigenvalue weighted by Crippen LogP contribution is -2.58. The van der Waals surface area contributed by atoms with Crippen LogP contribution >= 0.6 is 11.6 Å². The molecule has 0 bridgehead atoms. The fourth-order valence-corrected chi connectivity index (χ4v) is 7.67. The number of aromatic amines is 1. The molecule has 0 saturated carbocycles. The van der Waals surface area contributed by atoms with Crippen molar-refractivity contribution in [3.63, 3.8) is 0 Å². The van der Waals surface area contributed by atoms with Gasteiger partial charge >= 0.3 is 6.03 Å². The number of hydrogen-bond donors (Lipinski definition) is 2. The van der Waals surface area contributed by atoms with Gasteiger partial charge in [-0.3, -0.25) is 9.69 Å². The maximum atomic E-state index is 14.7. The number of carbonyl (C=O) groups is 2. The number of likely N-dealkylation sites (tertiary alicyclic amines) is 1. The minimum atomic E-state index is -0.719. The number of piperazine rings is 1. The lowest BCUT2D eigenvalue weighted by molar-refractivity contribution is -0.120. The molecule has 3 aromatic carbocycles. The Bertz CT molecular complexity index is 1660. The number of urea groups is 1. The summed E-state index contributed by atoms with van der Waals surface area (Å²) in [6, 6.07) is 23.5. The molecule has 2 atom stereocenters. The molecule has 8 nitrogen and oxygen atoms in total. The molecule has 240 valence electrons. The van der Waals surface area contributed by atoms with Gasteiger partial charge in [0.05, 0.1) is 0 Å². The van der Waals surface area contributed by atoms with Crippen LogP contribution < -0.4 is 10.2 Å². The zero-order valence-electron chi connectivity index (χ0n) is 26.3. The summed E-state index contributed by atoms with van der Waals surface area (Å²) in [5.74, 6) is 0.228. The number of benzene rings is 3. The quantitative estimate of drug-likeness (QED) is 0.265. The number of fused-ring (bicyclic) bond motifs is 2. The molecule has 2 fully saturated rings. The van der Waals surface area contributed by atoms with Crippen LogP contribution in [-0.4, -0.2) is 90.0 Å². The first kappa shape index (κ1) is 30.8. The average Bonchev–Trinajstić information content (AvgIpc) is 3.74. The van der Waals surface area contributed by atoms with Crippen LogP contribution in [0, 0.1) is 5.92 Å². The molecule has 0 spiro atoms. The summed E-state index contributed by atoms with van der Waals surface area (Å²) in [5, 5.41) is 4.96. The summed E-state index contributed by atoms with van der Waals surface area (Å²) in [5.41, 5.74) is 5.32. The van der Waals surface area contributed by atoms with Gasteiger partial charge in [0.25, 0.3) is 0 Å². The molecule has 2 N–H and O–H groups in total. The van der Waals surface area contributed by atoms with Crippen molar-refractivity contribution in [1.82, 2.24) is 25.0 Å².